The summed E-state index contributed by atoms with van der Waals surface area (Å²) < 4.78 is 5.36. The third kappa shape index (κ3) is 5.20. The number of hydrogen-bond acceptors (Lipinski definition) is 3. The monoisotopic (exact) mass is 460 g/mol. The average molecular weight is 461 g/mol. The lowest BCUT2D eigenvalue weighted by Crippen LogP contribution is -2.51. The summed E-state index contributed by atoms with van der Waals surface area (Å²) >= 11 is 0. The number of carbonyl (C=O) groups is 2. The minimum Gasteiger partial charge on any atom is -0.483 e. The van der Waals surface area contributed by atoms with Gasteiger partial charge in [0.2, 0.25) is 0 Å². The summed E-state index contributed by atoms with van der Waals surface area (Å²) in [7, 11) is 0. The van der Waals surface area contributed by atoms with E-state index in [0.29, 0.717) is 17.3 Å². The summed E-state index contributed by atoms with van der Waals surface area (Å²) in [6, 6.07) is 0. The second kappa shape index (κ2) is 11.0. The smallest absolute Gasteiger partial charge is 0.293 e. The Balaban J connectivity index is 0.000000968. The molecular formula is C29H48O4. The molecule has 33 heavy (non-hydrogen) atoms. The van der Waals surface area contributed by atoms with Crippen LogP contribution in [0.5, 0.6) is 0 Å². The van der Waals surface area contributed by atoms with Crippen LogP contribution in [-0.4, -0.2) is 24.2 Å². The topological polar surface area (TPSA) is 63.6 Å². The molecule has 0 radical (unpaired) electrons. The fourth-order valence-corrected chi connectivity index (χ4v) is 8.85. The summed E-state index contributed by atoms with van der Waals surface area (Å²) in [5.41, 5.74) is 2.54. The number of carboxylic acid groups (broad SMARTS) is 1. The summed E-state index contributed by atoms with van der Waals surface area (Å²) in [5.74, 6) is 5.32. The fraction of sp³-hybridized carbons (Fsp3) is 0.862. The van der Waals surface area contributed by atoms with Crippen LogP contribution in [0.1, 0.15) is 105 Å². The van der Waals surface area contributed by atoms with Crippen LogP contribution in [0.3, 0.4) is 0 Å². The van der Waals surface area contributed by atoms with Gasteiger partial charge in [-0.25, -0.2) is 0 Å². The molecule has 0 aromatic heterocycles. The van der Waals surface area contributed by atoms with Crippen molar-refractivity contribution in [1.82, 2.24) is 0 Å². The van der Waals surface area contributed by atoms with Gasteiger partial charge in [0.25, 0.3) is 12.9 Å². The lowest BCUT2D eigenvalue weighted by molar-refractivity contribution is -0.136. The van der Waals surface area contributed by atoms with E-state index in [1.165, 1.54) is 57.8 Å². The Morgan fingerprint density at radius 1 is 1.06 bits per heavy atom. The van der Waals surface area contributed by atoms with Crippen LogP contribution in [0.15, 0.2) is 11.6 Å². The van der Waals surface area contributed by atoms with E-state index < -0.39 is 0 Å². The highest BCUT2D eigenvalue weighted by Gasteiger charge is 2.59. The zero-order valence-electron chi connectivity index (χ0n) is 21.7. The van der Waals surface area contributed by atoms with E-state index in [0.717, 1.165) is 48.3 Å². The molecular weight excluding hydrogens is 412 g/mol. The van der Waals surface area contributed by atoms with Crippen LogP contribution in [0.4, 0.5) is 0 Å². The van der Waals surface area contributed by atoms with Crippen molar-refractivity contribution in [2.24, 2.45) is 46.3 Å². The van der Waals surface area contributed by atoms with Crippen molar-refractivity contribution in [2.45, 2.75) is 111 Å². The number of hydrogen-bond donors (Lipinski definition) is 1. The molecule has 1 N–H and O–H groups in total. The van der Waals surface area contributed by atoms with E-state index in [4.69, 9.17) is 14.6 Å². The Morgan fingerprint density at radius 2 is 1.79 bits per heavy atom. The lowest BCUT2D eigenvalue weighted by atomic mass is 9.47. The number of ether oxygens (including phenoxy) is 1. The van der Waals surface area contributed by atoms with Gasteiger partial charge in [0.1, 0.15) is 6.10 Å². The van der Waals surface area contributed by atoms with Crippen molar-refractivity contribution in [3.8, 4) is 0 Å². The van der Waals surface area contributed by atoms with Gasteiger partial charge < -0.3 is 9.84 Å². The first-order chi connectivity index (χ1) is 15.7. The van der Waals surface area contributed by atoms with Gasteiger partial charge in [0, 0.05) is 6.42 Å². The summed E-state index contributed by atoms with van der Waals surface area (Å²) in [6.07, 6.45) is 17.2. The maximum absolute atomic E-state index is 10.8. The molecule has 4 rings (SSSR count). The highest BCUT2D eigenvalue weighted by molar-refractivity contribution is 5.38. The van der Waals surface area contributed by atoms with E-state index >= 15 is 0 Å². The summed E-state index contributed by atoms with van der Waals surface area (Å²) in [4.78, 5) is 19.2. The quantitative estimate of drug-likeness (QED) is 0.320. The standard InChI is InChI=1S/C28H46O2.CH2O2/c1-19(2)7-6-8-20(3)24-11-12-25-23-10-9-21-17-22(30-18-29)13-15-27(21,4)26(23)14-16-28(24,25)5;2-1-3/h9,18-20,22-26H,6-8,10-17H2,1-5H3;1H,(H,2,3)/t20-,22?,23?,24-,25?,26?,27+,28-;/m1./s1. The molecule has 4 unspecified atom stereocenters. The van der Waals surface area contributed by atoms with Gasteiger partial charge in [-0.05, 0) is 91.3 Å². The highest BCUT2D eigenvalue weighted by Crippen LogP contribution is 2.67. The second-order valence-corrected chi connectivity index (χ2v) is 12.5. The number of carbonyl (C=O) groups excluding carboxylic acids is 1. The van der Waals surface area contributed by atoms with Crippen molar-refractivity contribution >= 4 is 12.9 Å². The molecule has 0 heterocycles. The predicted octanol–water partition coefficient (Wildman–Crippen LogP) is 7.27. The van der Waals surface area contributed by atoms with E-state index in [1.807, 2.05) is 0 Å². The summed E-state index contributed by atoms with van der Waals surface area (Å²) in [5, 5.41) is 6.89. The van der Waals surface area contributed by atoms with Gasteiger partial charge in [-0.15, -0.1) is 0 Å². The van der Waals surface area contributed by atoms with E-state index in [-0.39, 0.29) is 12.6 Å². The number of rotatable bonds is 7. The van der Waals surface area contributed by atoms with Crippen LogP contribution in [0, 0.1) is 46.3 Å². The Bertz CT molecular complexity index is 700. The predicted molar refractivity (Wildman–Crippen MR) is 133 cm³/mol. The van der Waals surface area contributed by atoms with Gasteiger partial charge in [-0.3, -0.25) is 9.59 Å². The van der Waals surface area contributed by atoms with E-state index in [1.54, 1.807) is 5.57 Å². The minimum atomic E-state index is -0.250. The maximum Gasteiger partial charge on any atom is 0.293 e. The molecule has 4 aliphatic rings. The van der Waals surface area contributed by atoms with Gasteiger partial charge in [-0.2, -0.15) is 0 Å². The summed E-state index contributed by atoms with van der Waals surface area (Å²) in [6.45, 7) is 12.9. The molecule has 0 amide bonds. The molecule has 0 aromatic rings. The largest absolute Gasteiger partial charge is 0.483 e. The molecule has 0 bridgehead atoms. The first-order valence-corrected chi connectivity index (χ1v) is 13.6. The Morgan fingerprint density at radius 3 is 2.45 bits per heavy atom. The molecule has 4 heteroatoms. The molecule has 3 fully saturated rings. The van der Waals surface area contributed by atoms with Gasteiger partial charge >= 0.3 is 0 Å². The Hall–Kier alpha value is -1.32. The van der Waals surface area contributed by atoms with Crippen LogP contribution in [-0.2, 0) is 14.3 Å². The first-order valence-electron chi connectivity index (χ1n) is 13.6. The Kier molecular flexibility index (Phi) is 8.72. The molecule has 0 saturated heterocycles. The lowest BCUT2D eigenvalue weighted by Gasteiger charge is -2.58. The molecule has 0 aliphatic heterocycles. The highest BCUT2D eigenvalue weighted by atomic mass is 16.5. The third-order valence-corrected chi connectivity index (χ3v) is 10.5. The molecule has 3 saturated carbocycles. The number of fused-ring (bicyclic) bond motifs is 5. The zero-order chi connectivity index (χ0) is 24.2. The molecule has 188 valence electrons. The maximum atomic E-state index is 10.8. The van der Waals surface area contributed by atoms with Crippen LogP contribution in [0.2, 0.25) is 0 Å². The normalized spacial score (nSPS) is 40.3. The molecule has 4 aliphatic carbocycles. The van der Waals surface area contributed by atoms with Gasteiger partial charge in [0.15, 0.2) is 0 Å². The molecule has 0 spiro atoms. The van der Waals surface area contributed by atoms with Gasteiger partial charge in [-0.1, -0.05) is 65.5 Å². The van der Waals surface area contributed by atoms with E-state index in [9.17, 15) is 4.79 Å². The average Bonchev–Trinajstić information content (AvgIpc) is 3.12. The van der Waals surface area contributed by atoms with Crippen molar-refractivity contribution in [3.63, 3.8) is 0 Å². The van der Waals surface area contributed by atoms with Crippen LogP contribution in [0.25, 0.3) is 0 Å². The fourth-order valence-electron chi connectivity index (χ4n) is 8.85. The van der Waals surface area contributed by atoms with Crippen molar-refractivity contribution in [2.75, 3.05) is 0 Å². The SMILES string of the molecule is CC(C)CCC[C@@H](C)[C@H]1CCC2C3CC=C4CC(OC=O)CC[C@]4(C)C3CC[C@@]21C.O=CO. The zero-order valence-corrected chi connectivity index (χ0v) is 21.7. The number of allylic oxidation sites excluding steroid dienone is 1. The third-order valence-electron chi connectivity index (χ3n) is 10.5. The van der Waals surface area contributed by atoms with Crippen molar-refractivity contribution in [3.05, 3.63) is 11.6 Å². The minimum absolute atomic E-state index is 0.120. The Labute approximate surface area is 201 Å². The van der Waals surface area contributed by atoms with Crippen LogP contribution < -0.4 is 0 Å². The molecule has 4 nitrogen and oxygen atoms in total. The van der Waals surface area contributed by atoms with E-state index in [2.05, 4.69) is 40.7 Å². The second-order valence-electron chi connectivity index (χ2n) is 12.5. The van der Waals surface area contributed by atoms with Crippen molar-refractivity contribution < 1.29 is 19.4 Å². The van der Waals surface area contributed by atoms with Gasteiger partial charge in [0.05, 0.1) is 0 Å². The molecule has 8 atom stereocenters. The first kappa shape index (κ1) is 26.3. The molecule has 0 aromatic carbocycles. The van der Waals surface area contributed by atoms with Crippen molar-refractivity contribution in [1.29, 1.82) is 0 Å². The van der Waals surface area contributed by atoms with Crippen LogP contribution >= 0.6 is 0 Å².